The summed E-state index contributed by atoms with van der Waals surface area (Å²) in [6.45, 7) is 1.34. The van der Waals surface area contributed by atoms with Gasteiger partial charge in [-0.15, -0.1) is 0 Å². The Morgan fingerprint density at radius 2 is 1.82 bits per heavy atom. The highest BCUT2D eigenvalue weighted by atomic mass is 19.1. The number of nitrogens with zero attached hydrogens (tertiary/aromatic N) is 6. The Labute approximate surface area is 216 Å². The van der Waals surface area contributed by atoms with E-state index in [1.807, 2.05) is 31.1 Å². The van der Waals surface area contributed by atoms with Gasteiger partial charge < -0.3 is 19.7 Å². The number of benzene rings is 1. The number of imidazole rings is 1. The molecule has 10 nitrogen and oxygen atoms in total. The van der Waals surface area contributed by atoms with Gasteiger partial charge in [0.05, 0.1) is 40.8 Å². The van der Waals surface area contributed by atoms with Crippen LogP contribution in [-0.4, -0.2) is 72.4 Å². The van der Waals surface area contributed by atoms with Crippen LogP contribution in [0, 0.1) is 5.82 Å². The zero-order chi connectivity index (χ0) is 26.2. The first-order chi connectivity index (χ1) is 18.4. The zero-order valence-electron chi connectivity index (χ0n) is 20.6. The molecule has 0 unspecified atom stereocenters. The third-order valence-corrected chi connectivity index (χ3v) is 6.08. The molecule has 5 aromatic heterocycles. The minimum Gasteiger partial charge on any atom is -0.508 e. The topological polar surface area (TPSA) is 129 Å². The maximum absolute atomic E-state index is 14.0. The van der Waals surface area contributed by atoms with E-state index in [0.717, 1.165) is 29.1 Å². The Bertz CT molecular complexity index is 1760. The van der Waals surface area contributed by atoms with Crippen LogP contribution in [0.1, 0.15) is 0 Å². The van der Waals surface area contributed by atoms with Gasteiger partial charge >= 0.3 is 0 Å². The number of hydrogen-bond donors (Lipinski definition) is 3. The number of rotatable bonds is 7. The van der Waals surface area contributed by atoms with Crippen molar-refractivity contribution < 1.29 is 14.2 Å². The first-order valence-corrected chi connectivity index (χ1v) is 11.9. The lowest BCUT2D eigenvalue weighted by atomic mass is 10.1. The molecule has 0 spiro atoms. The minimum atomic E-state index is -0.548. The molecule has 0 saturated heterocycles. The van der Waals surface area contributed by atoms with E-state index in [4.69, 9.17) is 9.72 Å². The van der Waals surface area contributed by atoms with Crippen LogP contribution in [0.2, 0.25) is 0 Å². The van der Waals surface area contributed by atoms with Crippen molar-refractivity contribution in [3.05, 3.63) is 67.1 Å². The lowest BCUT2D eigenvalue weighted by molar-refractivity contribution is 0.261. The van der Waals surface area contributed by atoms with Crippen molar-refractivity contribution in [2.75, 3.05) is 27.2 Å². The lowest BCUT2D eigenvalue weighted by Gasteiger charge is -2.11. The van der Waals surface area contributed by atoms with Gasteiger partial charge in [0.25, 0.3) is 0 Å². The van der Waals surface area contributed by atoms with Crippen LogP contribution < -0.4 is 4.74 Å². The molecule has 1 aromatic carbocycles. The summed E-state index contributed by atoms with van der Waals surface area (Å²) in [5.41, 5.74) is 5.14. The summed E-state index contributed by atoms with van der Waals surface area (Å²) >= 11 is 0. The molecule has 0 fully saturated rings. The second kappa shape index (κ2) is 9.52. The van der Waals surface area contributed by atoms with Gasteiger partial charge in [-0.2, -0.15) is 5.10 Å². The number of aromatic amines is 2. The zero-order valence-corrected chi connectivity index (χ0v) is 20.6. The molecule has 0 atom stereocenters. The number of H-pyrrole nitrogens is 2. The van der Waals surface area contributed by atoms with Crippen molar-refractivity contribution in [2.45, 2.75) is 0 Å². The molecule has 0 amide bonds. The molecule has 0 aliphatic heterocycles. The Morgan fingerprint density at radius 3 is 2.66 bits per heavy atom. The molecule has 38 heavy (non-hydrogen) atoms. The van der Waals surface area contributed by atoms with E-state index in [1.54, 1.807) is 31.0 Å². The van der Waals surface area contributed by atoms with Crippen LogP contribution in [0.25, 0.3) is 55.8 Å². The van der Waals surface area contributed by atoms with Gasteiger partial charge in [0.2, 0.25) is 0 Å². The number of phenols is 1. The summed E-state index contributed by atoms with van der Waals surface area (Å²) in [4.78, 5) is 23.2. The summed E-state index contributed by atoms with van der Waals surface area (Å²) < 4.78 is 19.8. The number of aromatic hydroxyl groups is 1. The smallest absolute Gasteiger partial charge is 0.159 e. The van der Waals surface area contributed by atoms with E-state index in [0.29, 0.717) is 51.7 Å². The van der Waals surface area contributed by atoms with Crippen molar-refractivity contribution >= 4 is 21.9 Å². The highest BCUT2D eigenvalue weighted by Crippen LogP contribution is 2.33. The molecule has 0 bridgehead atoms. The fourth-order valence-corrected chi connectivity index (χ4v) is 4.23. The van der Waals surface area contributed by atoms with E-state index >= 15 is 0 Å². The molecule has 0 radical (unpaired) electrons. The number of halogens is 1. The second-order valence-electron chi connectivity index (χ2n) is 9.12. The molecule has 3 N–H and O–H groups in total. The summed E-state index contributed by atoms with van der Waals surface area (Å²) in [6.07, 6.45) is 8.36. The molecular weight excluding hydrogens is 487 g/mol. The molecule has 190 valence electrons. The Balaban J connectivity index is 1.38. The quantitative estimate of drug-likeness (QED) is 0.288. The number of phenolic OH excluding ortho intramolecular Hbond substituents is 1. The average molecular weight is 511 g/mol. The second-order valence-corrected chi connectivity index (χ2v) is 9.12. The lowest BCUT2D eigenvalue weighted by Crippen LogP contribution is -2.19. The number of likely N-dealkylation sites (N-methyl/N-ethyl adjacent to an activating group) is 1. The van der Waals surface area contributed by atoms with Crippen LogP contribution in [0.3, 0.4) is 0 Å². The number of ether oxygens (including phenoxy) is 1. The van der Waals surface area contributed by atoms with Crippen molar-refractivity contribution in [3.8, 4) is 45.4 Å². The van der Waals surface area contributed by atoms with Gasteiger partial charge in [0.1, 0.15) is 29.6 Å². The van der Waals surface area contributed by atoms with Gasteiger partial charge in [-0.1, -0.05) is 0 Å². The van der Waals surface area contributed by atoms with E-state index in [1.165, 1.54) is 12.1 Å². The van der Waals surface area contributed by atoms with Gasteiger partial charge in [-0.3, -0.25) is 20.1 Å². The summed E-state index contributed by atoms with van der Waals surface area (Å²) in [5.74, 6) is 0.456. The van der Waals surface area contributed by atoms with Crippen molar-refractivity contribution in [3.63, 3.8) is 0 Å². The van der Waals surface area contributed by atoms with E-state index in [-0.39, 0.29) is 5.75 Å². The highest BCUT2D eigenvalue weighted by Gasteiger charge is 2.17. The normalized spacial score (nSPS) is 11.6. The van der Waals surface area contributed by atoms with Crippen molar-refractivity contribution in [1.29, 1.82) is 0 Å². The van der Waals surface area contributed by atoms with Crippen molar-refractivity contribution in [1.82, 2.24) is 40.0 Å². The highest BCUT2D eigenvalue weighted by molar-refractivity contribution is 5.97. The summed E-state index contributed by atoms with van der Waals surface area (Å²) in [5, 5.41) is 18.2. The van der Waals surface area contributed by atoms with Gasteiger partial charge in [-0.05, 0) is 43.9 Å². The monoisotopic (exact) mass is 510 g/mol. The number of pyridine rings is 3. The first-order valence-electron chi connectivity index (χ1n) is 11.9. The third-order valence-electron chi connectivity index (χ3n) is 6.08. The average Bonchev–Trinajstić information content (AvgIpc) is 3.51. The Kier molecular flexibility index (Phi) is 5.89. The van der Waals surface area contributed by atoms with E-state index in [2.05, 4.69) is 30.1 Å². The first kappa shape index (κ1) is 23.5. The molecule has 11 heteroatoms. The van der Waals surface area contributed by atoms with Crippen LogP contribution in [0.15, 0.2) is 61.3 Å². The van der Waals surface area contributed by atoms with Crippen LogP contribution in [0.4, 0.5) is 4.39 Å². The summed E-state index contributed by atoms with van der Waals surface area (Å²) in [6, 6.07) is 7.69. The van der Waals surface area contributed by atoms with E-state index in [9.17, 15) is 9.50 Å². The molecule has 0 saturated carbocycles. The molecular formula is C27H23FN8O2. The number of nitrogens with one attached hydrogen (secondary N) is 2. The van der Waals surface area contributed by atoms with Gasteiger partial charge in [-0.25, -0.2) is 9.37 Å². The van der Waals surface area contributed by atoms with Crippen LogP contribution >= 0.6 is 0 Å². The fourth-order valence-electron chi connectivity index (χ4n) is 4.23. The van der Waals surface area contributed by atoms with Crippen LogP contribution in [-0.2, 0) is 0 Å². The number of fused-ring (bicyclic) bond motifs is 2. The van der Waals surface area contributed by atoms with E-state index < -0.39 is 5.82 Å². The maximum Gasteiger partial charge on any atom is 0.159 e. The predicted octanol–water partition coefficient (Wildman–Crippen LogP) is 4.41. The predicted molar refractivity (Wildman–Crippen MR) is 141 cm³/mol. The Morgan fingerprint density at radius 1 is 0.947 bits per heavy atom. The standard InChI is InChI=1S/C27H23FN8O2/c1-36(2)3-4-38-19-7-16(10-29-11-19)22-9-20-23(14-31-22)34-35-26(20)27-32-24-13-30-12-21(25(24)33-27)15-5-17(28)8-18(37)6-15/h5-14,37H,3-4H2,1-2H3,(H,32,33)(H,34,35). The SMILES string of the molecule is CN(C)CCOc1cncc(-c2cc3c(-c4nc5c(-c6cc(O)cc(F)c6)cncc5[nH]4)n[nH]c3cn2)c1. The molecule has 0 aliphatic rings. The maximum atomic E-state index is 14.0. The fraction of sp³-hybridized carbons (Fsp3) is 0.148. The Hall–Kier alpha value is -4.90. The van der Waals surface area contributed by atoms with Gasteiger partial charge in [0, 0.05) is 41.5 Å². The van der Waals surface area contributed by atoms with Crippen LogP contribution in [0.5, 0.6) is 11.5 Å². The minimum absolute atomic E-state index is 0.173. The van der Waals surface area contributed by atoms with Gasteiger partial charge in [0.15, 0.2) is 5.82 Å². The number of aromatic nitrogens is 7. The molecule has 6 rings (SSSR count). The largest absolute Gasteiger partial charge is 0.508 e. The summed E-state index contributed by atoms with van der Waals surface area (Å²) in [7, 11) is 3.98. The molecule has 6 aromatic rings. The molecule has 0 aliphatic carbocycles. The molecule has 5 heterocycles. The number of hydrogen-bond acceptors (Lipinski definition) is 8. The van der Waals surface area contributed by atoms with Crippen molar-refractivity contribution in [2.24, 2.45) is 0 Å². The third kappa shape index (κ3) is 4.50.